The monoisotopic (exact) mass is 344 g/mol. The second-order valence-corrected chi connectivity index (χ2v) is 6.10. The van der Waals surface area contributed by atoms with Crippen LogP contribution in [0.5, 0.6) is 5.75 Å². The highest BCUT2D eigenvalue weighted by molar-refractivity contribution is 5.93. The molecule has 3 rings (SSSR count). The van der Waals surface area contributed by atoms with Crippen molar-refractivity contribution in [1.29, 1.82) is 0 Å². The Hall–Kier alpha value is -2.34. The summed E-state index contributed by atoms with van der Waals surface area (Å²) in [5.74, 6) is 1.09. The van der Waals surface area contributed by atoms with E-state index in [1.807, 2.05) is 24.3 Å². The third kappa shape index (κ3) is 4.60. The van der Waals surface area contributed by atoms with E-state index >= 15 is 0 Å². The quantitative estimate of drug-likeness (QED) is 0.740. The molecule has 1 aliphatic heterocycles. The molecule has 1 fully saturated rings. The number of hydrogen-bond acceptors (Lipinski definition) is 5. The van der Waals surface area contributed by atoms with Gasteiger partial charge < -0.3 is 19.2 Å². The maximum absolute atomic E-state index is 12.4. The lowest BCUT2D eigenvalue weighted by molar-refractivity contribution is 0.0860. The first kappa shape index (κ1) is 17.5. The normalized spacial score (nSPS) is 16.8. The molecule has 0 bridgehead atoms. The van der Waals surface area contributed by atoms with Gasteiger partial charge in [-0.2, -0.15) is 0 Å². The maximum atomic E-state index is 12.4. The molecule has 0 spiro atoms. The minimum absolute atomic E-state index is 0.168. The average Bonchev–Trinajstić information content (AvgIpc) is 3.31. The molecule has 1 atom stereocenters. The van der Waals surface area contributed by atoms with Crippen molar-refractivity contribution < 1.29 is 18.7 Å². The van der Waals surface area contributed by atoms with E-state index in [1.165, 1.54) is 6.39 Å². The van der Waals surface area contributed by atoms with Gasteiger partial charge in [-0.1, -0.05) is 25.5 Å². The first-order valence-electron chi connectivity index (χ1n) is 8.83. The fraction of sp³-hybridized carbons (Fsp3) is 0.474. The molecule has 6 heteroatoms. The minimum atomic E-state index is -0.253. The van der Waals surface area contributed by atoms with E-state index in [9.17, 15) is 4.79 Å². The van der Waals surface area contributed by atoms with E-state index in [2.05, 4.69) is 17.2 Å². The Kier molecular flexibility index (Phi) is 6.06. The molecule has 1 saturated heterocycles. The van der Waals surface area contributed by atoms with E-state index in [-0.39, 0.29) is 12.0 Å². The van der Waals surface area contributed by atoms with Gasteiger partial charge in [0.15, 0.2) is 17.8 Å². The van der Waals surface area contributed by atoms with Gasteiger partial charge in [0.1, 0.15) is 11.9 Å². The first-order chi connectivity index (χ1) is 12.3. The van der Waals surface area contributed by atoms with Crippen molar-refractivity contribution in [2.45, 2.75) is 45.3 Å². The topological polar surface area (TPSA) is 73.6 Å². The van der Waals surface area contributed by atoms with Crippen LogP contribution in [-0.2, 0) is 11.3 Å². The van der Waals surface area contributed by atoms with Gasteiger partial charge in [0.05, 0.1) is 6.61 Å². The highest BCUT2D eigenvalue weighted by Crippen LogP contribution is 2.30. The summed E-state index contributed by atoms with van der Waals surface area (Å²) in [4.78, 5) is 16.5. The zero-order valence-electron chi connectivity index (χ0n) is 14.5. The molecule has 1 aliphatic rings. The summed E-state index contributed by atoms with van der Waals surface area (Å²) >= 11 is 0. The lowest BCUT2D eigenvalue weighted by atomic mass is 10.1. The predicted molar refractivity (Wildman–Crippen MR) is 92.4 cm³/mol. The van der Waals surface area contributed by atoms with Crippen LogP contribution < -0.4 is 10.1 Å². The number of ether oxygens (including phenoxy) is 2. The number of rotatable bonds is 8. The van der Waals surface area contributed by atoms with Gasteiger partial charge in [-0.15, -0.1) is 0 Å². The van der Waals surface area contributed by atoms with Crippen molar-refractivity contribution in [3.8, 4) is 5.75 Å². The Balaban J connectivity index is 1.57. The highest BCUT2D eigenvalue weighted by Gasteiger charge is 2.27. The number of carbonyl (C=O) groups excluding carboxylic acids is 1. The van der Waals surface area contributed by atoms with Crippen molar-refractivity contribution in [3.63, 3.8) is 0 Å². The smallest absolute Gasteiger partial charge is 0.273 e. The van der Waals surface area contributed by atoms with Gasteiger partial charge in [0, 0.05) is 13.2 Å². The molecule has 0 unspecified atom stereocenters. The second-order valence-electron chi connectivity index (χ2n) is 6.10. The van der Waals surface area contributed by atoms with E-state index in [4.69, 9.17) is 13.9 Å². The van der Waals surface area contributed by atoms with Gasteiger partial charge in [0.2, 0.25) is 0 Å². The van der Waals surface area contributed by atoms with Crippen molar-refractivity contribution in [2.24, 2.45) is 0 Å². The van der Waals surface area contributed by atoms with Gasteiger partial charge in [-0.05, 0) is 37.0 Å². The van der Waals surface area contributed by atoms with Crippen LogP contribution >= 0.6 is 0 Å². The van der Waals surface area contributed by atoms with Crippen LogP contribution in [0.25, 0.3) is 0 Å². The van der Waals surface area contributed by atoms with E-state index < -0.39 is 0 Å². The summed E-state index contributed by atoms with van der Waals surface area (Å²) < 4.78 is 16.7. The van der Waals surface area contributed by atoms with Crippen LogP contribution in [0, 0.1) is 0 Å². The van der Waals surface area contributed by atoms with E-state index in [1.54, 1.807) is 0 Å². The van der Waals surface area contributed by atoms with Gasteiger partial charge in [-0.25, -0.2) is 4.98 Å². The summed E-state index contributed by atoms with van der Waals surface area (Å²) in [6.07, 6.45) is 5.08. The number of nitrogens with zero attached hydrogens (tertiary/aromatic N) is 1. The van der Waals surface area contributed by atoms with Crippen molar-refractivity contribution in [3.05, 3.63) is 47.7 Å². The van der Waals surface area contributed by atoms with Crippen molar-refractivity contribution in [1.82, 2.24) is 10.3 Å². The zero-order valence-corrected chi connectivity index (χ0v) is 14.5. The molecule has 1 aromatic heterocycles. The van der Waals surface area contributed by atoms with Crippen LogP contribution in [0.15, 0.2) is 35.1 Å². The molecule has 2 aromatic rings. The molecule has 1 aromatic carbocycles. The molecule has 6 nitrogen and oxygen atoms in total. The molecule has 2 heterocycles. The zero-order chi connectivity index (χ0) is 17.5. The number of carbonyl (C=O) groups is 1. The standard InChI is InChI=1S/C19H24N2O4/c1-2-3-9-23-15-7-4-6-14(11-15)12-20-19(22)17-18(25-13-21-17)16-8-5-10-24-16/h4,6-7,11,13,16H,2-3,5,8-10,12H2,1H3,(H,20,22)/t16-/m1/s1. The molecule has 1 amide bonds. The minimum Gasteiger partial charge on any atom is -0.494 e. The van der Waals surface area contributed by atoms with Crippen LogP contribution in [0.3, 0.4) is 0 Å². The molecular formula is C19H24N2O4. The van der Waals surface area contributed by atoms with Crippen molar-refractivity contribution in [2.75, 3.05) is 13.2 Å². The van der Waals surface area contributed by atoms with Crippen LogP contribution in [0.1, 0.15) is 60.5 Å². The van der Waals surface area contributed by atoms with Crippen LogP contribution in [0.2, 0.25) is 0 Å². The number of hydrogen-bond donors (Lipinski definition) is 1. The van der Waals surface area contributed by atoms with Gasteiger partial charge in [0.25, 0.3) is 5.91 Å². The van der Waals surface area contributed by atoms with Gasteiger partial charge in [-0.3, -0.25) is 4.79 Å². The number of amides is 1. The van der Waals surface area contributed by atoms with Crippen LogP contribution in [0.4, 0.5) is 0 Å². The number of oxazole rings is 1. The third-order valence-electron chi connectivity index (χ3n) is 4.15. The Morgan fingerprint density at radius 1 is 1.44 bits per heavy atom. The Bertz CT molecular complexity index is 692. The fourth-order valence-corrected chi connectivity index (χ4v) is 2.78. The Morgan fingerprint density at radius 3 is 3.16 bits per heavy atom. The Morgan fingerprint density at radius 2 is 2.36 bits per heavy atom. The molecule has 0 radical (unpaired) electrons. The summed E-state index contributed by atoms with van der Waals surface area (Å²) in [6.45, 7) is 3.93. The maximum Gasteiger partial charge on any atom is 0.273 e. The lowest BCUT2D eigenvalue weighted by Crippen LogP contribution is -2.24. The molecule has 0 saturated carbocycles. The average molecular weight is 344 g/mol. The van der Waals surface area contributed by atoms with Crippen molar-refractivity contribution >= 4 is 5.91 Å². The fourth-order valence-electron chi connectivity index (χ4n) is 2.78. The second kappa shape index (κ2) is 8.67. The summed E-state index contributed by atoms with van der Waals surface area (Å²) in [5.41, 5.74) is 1.28. The number of unbranched alkanes of at least 4 members (excludes halogenated alkanes) is 1. The molecule has 0 aliphatic carbocycles. The Labute approximate surface area is 147 Å². The third-order valence-corrected chi connectivity index (χ3v) is 4.15. The SMILES string of the molecule is CCCCOc1cccc(CNC(=O)c2ncoc2[C@H]2CCCO2)c1. The summed E-state index contributed by atoms with van der Waals surface area (Å²) in [6, 6.07) is 7.75. The summed E-state index contributed by atoms with van der Waals surface area (Å²) in [7, 11) is 0. The first-order valence-corrected chi connectivity index (χ1v) is 8.83. The van der Waals surface area contributed by atoms with E-state index in [0.717, 1.165) is 37.0 Å². The summed E-state index contributed by atoms with van der Waals surface area (Å²) in [5, 5.41) is 2.89. The number of benzene rings is 1. The lowest BCUT2D eigenvalue weighted by Gasteiger charge is -2.10. The highest BCUT2D eigenvalue weighted by atomic mass is 16.5. The number of nitrogens with one attached hydrogen (secondary N) is 1. The molecular weight excluding hydrogens is 320 g/mol. The van der Waals surface area contributed by atoms with Crippen LogP contribution in [-0.4, -0.2) is 24.1 Å². The van der Waals surface area contributed by atoms with E-state index in [0.29, 0.717) is 31.2 Å². The van der Waals surface area contributed by atoms with Gasteiger partial charge >= 0.3 is 0 Å². The molecule has 1 N–H and O–H groups in total. The molecule has 134 valence electrons. The largest absolute Gasteiger partial charge is 0.494 e. The predicted octanol–water partition coefficient (Wildman–Crippen LogP) is 3.64. The number of aromatic nitrogens is 1. The molecule has 25 heavy (non-hydrogen) atoms.